The van der Waals surface area contributed by atoms with Crippen LogP contribution in [0.1, 0.15) is 29.8 Å². The minimum absolute atomic E-state index is 0.0258. The lowest BCUT2D eigenvalue weighted by atomic mass is 9.90. The highest BCUT2D eigenvalue weighted by Crippen LogP contribution is 2.34. The molecule has 0 amide bonds. The fourth-order valence-corrected chi connectivity index (χ4v) is 2.79. The molecule has 1 heterocycles. The van der Waals surface area contributed by atoms with Crippen molar-refractivity contribution in [1.29, 1.82) is 0 Å². The molecule has 1 aliphatic carbocycles. The fraction of sp³-hybridized carbons (Fsp3) is 0.636. The Morgan fingerprint density at radius 3 is 3.00 bits per heavy atom. The number of halogens is 1. The van der Waals surface area contributed by atoms with E-state index in [1.54, 1.807) is 11.7 Å². The summed E-state index contributed by atoms with van der Waals surface area (Å²) in [5.41, 5.74) is 6.20. The van der Waals surface area contributed by atoms with Gasteiger partial charge in [-0.05, 0) is 25.3 Å². The Morgan fingerprint density at radius 1 is 1.69 bits per heavy atom. The number of hydrogen-bond acceptors (Lipinski definition) is 3. The molecule has 1 aromatic rings. The van der Waals surface area contributed by atoms with Crippen LogP contribution in [0.5, 0.6) is 0 Å². The molecule has 0 spiro atoms. The Hall–Kier alpha value is -0.870. The Balaban J connectivity index is 2.25. The number of Topliss-reactive ketones (excluding diaryl/α,β-unsaturated/α-hetero) is 1. The third-order valence-corrected chi connectivity index (χ3v) is 3.70. The molecule has 1 saturated carbocycles. The SMILES string of the molecule is Cn1ncc(Cl)c1C(=O)C1CCCC1CN. The van der Waals surface area contributed by atoms with Gasteiger partial charge in [0.2, 0.25) is 0 Å². The van der Waals surface area contributed by atoms with E-state index in [1.807, 2.05) is 0 Å². The van der Waals surface area contributed by atoms with E-state index in [4.69, 9.17) is 17.3 Å². The molecule has 1 aliphatic rings. The van der Waals surface area contributed by atoms with Gasteiger partial charge < -0.3 is 5.73 Å². The third kappa shape index (κ3) is 1.87. The van der Waals surface area contributed by atoms with Crippen LogP contribution in [-0.2, 0) is 7.05 Å². The van der Waals surface area contributed by atoms with Crippen LogP contribution >= 0.6 is 11.6 Å². The van der Waals surface area contributed by atoms with E-state index in [-0.39, 0.29) is 11.7 Å². The molecule has 16 heavy (non-hydrogen) atoms. The van der Waals surface area contributed by atoms with E-state index in [1.165, 1.54) is 6.20 Å². The van der Waals surface area contributed by atoms with E-state index in [0.717, 1.165) is 19.3 Å². The van der Waals surface area contributed by atoms with Gasteiger partial charge in [0, 0.05) is 13.0 Å². The Bertz CT molecular complexity index is 382. The molecule has 4 nitrogen and oxygen atoms in total. The zero-order valence-corrected chi connectivity index (χ0v) is 10.1. The number of nitrogens with two attached hydrogens (primary N) is 1. The summed E-state index contributed by atoms with van der Waals surface area (Å²) in [6, 6.07) is 0. The van der Waals surface area contributed by atoms with Gasteiger partial charge in [0.15, 0.2) is 5.78 Å². The molecule has 88 valence electrons. The van der Waals surface area contributed by atoms with Crippen molar-refractivity contribution in [3.63, 3.8) is 0 Å². The van der Waals surface area contributed by atoms with Gasteiger partial charge in [-0.25, -0.2) is 0 Å². The first-order chi connectivity index (χ1) is 7.65. The van der Waals surface area contributed by atoms with E-state index < -0.39 is 0 Å². The van der Waals surface area contributed by atoms with Crippen LogP contribution in [0.2, 0.25) is 5.02 Å². The quantitative estimate of drug-likeness (QED) is 0.819. The van der Waals surface area contributed by atoms with Crippen molar-refractivity contribution >= 4 is 17.4 Å². The second-order valence-corrected chi connectivity index (χ2v) is 4.77. The Morgan fingerprint density at radius 2 is 2.44 bits per heavy atom. The average molecular weight is 242 g/mol. The first kappa shape index (κ1) is 11.6. The molecule has 0 aliphatic heterocycles. The van der Waals surface area contributed by atoms with Crippen LogP contribution in [0.25, 0.3) is 0 Å². The molecule has 2 unspecified atom stereocenters. The normalized spacial score (nSPS) is 24.9. The zero-order valence-electron chi connectivity index (χ0n) is 9.32. The summed E-state index contributed by atoms with van der Waals surface area (Å²) in [7, 11) is 1.74. The number of hydrogen-bond donors (Lipinski definition) is 1. The molecule has 0 saturated heterocycles. The largest absolute Gasteiger partial charge is 0.330 e. The monoisotopic (exact) mass is 241 g/mol. The van der Waals surface area contributed by atoms with E-state index in [9.17, 15) is 4.79 Å². The maximum atomic E-state index is 12.3. The van der Waals surface area contributed by atoms with Gasteiger partial charge in [-0.1, -0.05) is 18.0 Å². The maximum absolute atomic E-state index is 12.3. The van der Waals surface area contributed by atoms with Crippen molar-refractivity contribution in [3.05, 3.63) is 16.9 Å². The molecule has 1 aromatic heterocycles. The number of nitrogens with zero attached hydrogens (tertiary/aromatic N) is 2. The molecular weight excluding hydrogens is 226 g/mol. The topological polar surface area (TPSA) is 60.9 Å². The number of aryl methyl sites for hydroxylation is 1. The molecule has 0 bridgehead atoms. The lowest BCUT2D eigenvalue weighted by molar-refractivity contribution is 0.0883. The minimum Gasteiger partial charge on any atom is -0.330 e. The Labute approximate surface area is 99.8 Å². The van der Waals surface area contributed by atoms with Crippen LogP contribution in [-0.4, -0.2) is 22.1 Å². The molecule has 2 N–H and O–H groups in total. The molecule has 5 heteroatoms. The van der Waals surface area contributed by atoms with Gasteiger partial charge in [-0.3, -0.25) is 9.48 Å². The highest BCUT2D eigenvalue weighted by Gasteiger charge is 2.34. The highest BCUT2D eigenvalue weighted by molar-refractivity contribution is 6.33. The van der Waals surface area contributed by atoms with Gasteiger partial charge in [-0.2, -0.15) is 5.10 Å². The lowest BCUT2D eigenvalue weighted by Crippen LogP contribution is -2.26. The molecule has 0 aromatic carbocycles. The summed E-state index contributed by atoms with van der Waals surface area (Å²) in [6.07, 6.45) is 4.56. The van der Waals surface area contributed by atoms with Gasteiger partial charge in [0.1, 0.15) is 5.69 Å². The van der Waals surface area contributed by atoms with E-state index >= 15 is 0 Å². The zero-order chi connectivity index (χ0) is 11.7. The van der Waals surface area contributed by atoms with Crippen LogP contribution in [0.15, 0.2) is 6.20 Å². The predicted molar refractivity (Wildman–Crippen MR) is 62.4 cm³/mol. The van der Waals surface area contributed by atoms with Gasteiger partial charge in [0.05, 0.1) is 11.2 Å². The van der Waals surface area contributed by atoms with Crippen molar-refractivity contribution in [2.24, 2.45) is 24.6 Å². The highest BCUT2D eigenvalue weighted by atomic mass is 35.5. The summed E-state index contributed by atoms with van der Waals surface area (Å²) < 4.78 is 1.55. The van der Waals surface area contributed by atoms with Crippen molar-refractivity contribution in [2.45, 2.75) is 19.3 Å². The van der Waals surface area contributed by atoms with Gasteiger partial charge in [0.25, 0.3) is 0 Å². The van der Waals surface area contributed by atoms with Crippen LogP contribution in [0.4, 0.5) is 0 Å². The van der Waals surface area contributed by atoms with Crippen LogP contribution < -0.4 is 5.73 Å². The summed E-state index contributed by atoms with van der Waals surface area (Å²) >= 11 is 5.97. The summed E-state index contributed by atoms with van der Waals surface area (Å²) in [5.74, 6) is 0.425. The first-order valence-electron chi connectivity index (χ1n) is 5.57. The number of rotatable bonds is 3. The average Bonchev–Trinajstić information content (AvgIpc) is 2.85. The summed E-state index contributed by atoms with van der Waals surface area (Å²) in [5, 5.41) is 4.43. The van der Waals surface area contributed by atoms with Crippen molar-refractivity contribution in [1.82, 2.24) is 9.78 Å². The maximum Gasteiger partial charge on any atom is 0.185 e. The summed E-state index contributed by atoms with van der Waals surface area (Å²) in [6.45, 7) is 0.575. The number of carbonyl (C=O) groups excluding carboxylic acids is 1. The molecule has 2 atom stereocenters. The van der Waals surface area contributed by atoms with Crippen molar-refractivity contribution in [2.75, 3.05) is 6.54 Å². The van der Waals surface area contributed by atoms with E-state index in [2.05, 4.69) is 5.10 Å². The summed E-state index contributed by atoms with van der Waals surface area (Å²) in [4.78, 5) is 12.3. The minimum atomic E-state index is 0.0258. The first-order valence-corrected chi connectivity index (χ1v) is 5.94. The van der Waals surface area contributed by atoms with Crippen LogP contribution in [0, 0.1) is 11.8 Å². The van der Waals surface area contributed by atoms with E-state index in [0.29, 0.717) is 23.2 Å². The van der Waals surface area contributed by atoms with Crippen LogP contribution in [0.3, 0.4) is 0 Å². The number of ketones is 1. The molecular formula is C11H16ClN3O. The number of aromatic nitrogens is 2. The molecule has 0 radical (unpaired) electrons. The lowest BCUT2D eigenvalue weighted by Gasteiger charge is -2.16. The number of carbonyl (C=O) groups is 1. The second kappa shape index (κ2) is 4.55. The van der Waals surface area contributed by atoms with Crippen molar-refractivity contribution < 1.29 is 4.79 Å². The van der Waals surface area contributed by atoms with Gasteiger partial charge in [-0.15, -0.1) is 0 Å². The standard InChI is InChI=1S/C11H16ClN3O/c1-15-10(9(12)6-14-15)11(16)8-4-2-3-7(8)5-13/h6-8H,2-5,13H2,1H3. The van der Waals surface area contributed by atoms with Crippen molar-refractivity contribution in [3.8, 4) is 0 Å². The Kier molecular flexibility index (Phi) is 3.30. The molecule has 2 rings (SSSR count). The fourth-order valence-electron chi connectivity index (χ4n) is 2.53. The second-order valence-electron chi connectivity index (χ2n) is 4.36. The van der Waals surface area contributed by atoms with Gasteiger partial charge >= 0.3 is 0 Å². The smallest absolute Gasteiger partial charge is 0.185 e. The predicted octanol–water partition coefficient (Wildman–Crippen LogP) is 1.63. The molecule has 1 fully saturated rings. The third-order valence-electron chi connectivity index (χ3n) is 3.43.